The molecule has 0 atom stereocenters. The van der Waals surface area contributed by atoms with E-state index in [1.165, 1.54) is 12.1 Å². The van der Waals surface area contributed by atoms with Crippen LogP contribution in [0.25, 0.3) is 0 Å². The number of amides is 1. The number of aryl methyl sites for hydroxylation is 2. The predicted octanol–water partition coefficient (Wildman–Crippen LogP) is 1.46. The number of carbonyl (C=O) groups is 1. The molecule has 1 fully saturated rings. The number of carbonyl (C=O) groups excluding carboxylic acids is 1. The summed E-state index contributed by atoms with van der Waals surface area (Å²) in [6.45, 7) is 6.23. The number of hydrogen-bond acceptors (Lipinski definition) is 6. The summed E-state index contributed by atoms with van der Waals surface area (Å²) in [6.07, 6.45) is 1.14. The molecule has 0 bridgehead atoms. The fourth-order valence-corrected chi connectivity index (χ4v) is 3.67. The molecule has 0 saturated carbocycles. The summed E-state index contributed by atoms with van der Waals surface area (Å²) in [6, 6.07) is 8.12. The van der Waals surface area contributed by atoms with Crippen molar-refractivity contribution in [2.24, 2.45) is 0 Å². The van der Waals surface area contributed by atoms with Gasteiger partial charge in [-0.2, -0.15) is 0 Å². The zero-order valence-electron chi connectivity index (χ0n) is 15.1. The zero-order chi connectivity index (χ0) is 18.9. The van der Waals surface area contributed by atoms with Crippen molar-refractivity contribution in [1.82, 2.24) is 14.9 Å². The van der Waals surface area contributed by atoms with Gasteiger partial charge >= 0.3 is 0 Å². The summed E-state index contributed by atoms with van der Waals surface area (Å²) < 4.78 is 23.4. The van der Waals surface area contributed by atoms with Crippen LogP contribution in [0.1, 0.15) is 21.7 Å². The van der Waals surface area contributed by atoms with E-state index in [9.17, 15) is 13.2 Å². The van der Waals surface area contributed by atoms with Gasteiger partial charge in [-0.25, -0.2) is 18.4 Å². The van der Waals surface area contributed by atoms with Gasteiger partial charge in [0.05, 0.1) is 4.90 Å². The van der Waals surface area contributed by atoms with Gasteiger partial charge in [-0.05, 0) is 38.1 Å². The van der Waals surface area contributed by atoms with Crippen LogP contribution in [0, 0.1) is 13.8 Å². The standard InChI is InChI=1S/C18H22N4O3S/c1-13-11-14(2)20-18(19-13)22-9-7-21(8-10-22)17(23)15-5-4-6-16(12-15)26(3,24)25/h4-6,11-12H,7-10H2,1-3H3. The Morgan fingerprint density at radius 1 is 1.00 bits per heavy atom. The molecule has 1 aliphatic heterocycles. The fourth-order valence-electron chi connectivity index (χ4n) is 3.00. The number of sulfone groups is 1. The van der Waals surface area contributed by atoms with Gasteiger partial charge in [0.25, 0.3) is 5.91 Å². The van der Waals surface area contributed by atoms with Crippen LogP contribution < -0.4 is 4.90 Å². The van der Waals surface area contributed by atoms with Crippen molar-refractivity contribution < 1.29 is 13.2 Å². The number of anilines is 1. The Hall–Kier alpha value is -2.48. The van der Waals surface area contributed by atoms with E-state index in [4.69, 9.17) is 0 Å². The van der Waals surface area contributed by atoms with Gasteiger partial charge in [0.15, 0.2) is 9.84 Å². The first-order chi connectivity index (χ1) is 12.2. The molecule has 1 saturated heterocycles. The van der Waals surface area contributed by atoms with E-state index in [0.29, 0.717) is 37.7 Å². The highest BCUT2D eigenvalue weighted by Crippen LogP contribution is 2.17. The first-order valence-corrected chi connectivity index (χ1v) is 10.3. The maximum atomic E-state index is 12.7. The quantitative estimate of drug-likeness (QED) is 0.809. The molecular formula is C18H22N4O3S. The third kappa shape index (κ3) is 4.01. The minimum absolute atomic E-state index is 0.156. The lowest BCUT2D eigenvalue weighted by Gasteiger charge is -2.35. The largest absolute Gasteiger partial charge is 0.337 e. The third-order valence-corrected chi connectivity index (χ3v) is 5.44. The Morgan fingerprint density at radius 3 is 2.19 bits per heavy atom. The number of hydrogen-bond donors (Lipinski definition) is 0. The summed E-state index contributed by atoms with van der Waals surface area (Å²) in [5.41, 5.74) is 2.23. The van der Waals surface area contributed by atoms with E-state index in [2.05, 4.69) is 14.9 Å². The van der Waals surface area contributed by atoms with Gasteiger partial charge in [0.1, 0.15) is 0 Å². The average Bonchev–Trinajstić information content (AvgIpc) is 2.60. The molecule has 26 heavy (non-hydrogen) atoms. The van der Waals surface area contributed by atoms with Crippen molar-refractivity contribution in [3.05, 3.63) is 47.3 Å². The first-order valence-electron chi connectivity index (χ1n) is 8.41. The lowest BCUT2D eigenvalue weighted by molar-refractivity contribution is 0.0746. The topological polar surface area (TPSA) is 83.5 Å². The van der Waals surface area contributed by atoms with Crippen molar-refractivity contribution in [1.29, 1.82) is 0 Å². The summed E-state index contributed by atoms with van der Waals surface area (Å²) in [5.74, 6) is 0.533. The Kier molecular flexibility index (Phi) is 4.95. The van der Waals surface area contributed by atoms with E-state index < -0.39 is 9.84 Å². The lowest BCUT2D eigenvalue weighted by Crippen LogP contribution is -2.49. The van der Waals surface area contributed by atoms with Gasteiger partial charge in [-0.3, -0.25) is 4.79 Å². The minimum atomic E-state index is -3.34. The summed E-state index contributed by atoms with van der Waals surface area (Å²) >= 11 is 0. The number of benzene rings is 1. The highest BCUT2D eigenvalue weighted by atomic mass is 32.2. The van der Waals surface area contributed by atoms with Crippen LogP contribution in [-0.4, -0.2) is 61.6 Å². The van der Waals surface area contributed by atoms with E-state index in [0.717, 1.165) is 17.6 Å². The average molecular weight is 374 g/mol. The maximum absolute atomic E-state index is 12.7. The van der Waals surface area contributed by atoms with Gasteiger partial charge < -0.3 is 9.80 Å². The van der Waals surface area contributed by atoms with E-state index in [1.807, 2.05) is 19.9 Å². The van der Waals surface area contributed by atoms with Gasteiger partial charge in [-0.15, -0.1) is 0 Å². The molecule has 0 spiro atoms. The third-order valence-electron chi connectivity index (χ3n) is 4.33. The lowest BCUT2D eigenvalue weighted by atomic mass is 10.2. The molecule has 1 aliphatic rings. The number of aromatic nitrogens is 2. The number of nitrogens with zero attached hydrogens (tertiary/aromatic N) is 4. The van der Waals surface area contributed by atoms with Crippen LogP contribution in [0.2, 0.25) is 0 Å². The molecule has 8 heteroatoms. The van der Waals surface area contributed by atoms with Crippen molar-refractivity contribution in [2.75, 3.05) is 37.3 Å². The predicted molar refractivity (Wildman–Crippen MR) is 99.2 cm³/mol. The molecule has 2 heterocycles. The summed E-state index contributed by atoms with van der Waals surface area (Å²) in [5, 5.41) is 0. The maximum Gasteiger partial charge on any atom is 0.254 e. The zero-order valence-corrected chi connectivity index (χ0v) is 16.0. The highest BCUT2D eigenvalue weighted by Gasteiger charge is 2.24. The van der Waals surface area contributed by atoms with E-state index >= 15 is 0 Å². The molecule has 1 amide bonds. The fraction of sp³-hybridized carbons (Fsp3) is 0.389. The Balaban J connectivity index is 1.71. The highest BCUT2D eigenvalue weighted by molar-refractivity contribution is 7.90. The van der Waals surface area contributed by atoms with Gasteiger partial charge in [-0.1, -0.05) is 6.07 Å². The van der Waals surface area contributed by atoms with Crippen LogP contribution in [0.3, 0.4) is 0 Å². The molecule has 0 N–H and O–H groups in total. The molecule has 3 rings (SSSR count). The smallest absolute Gasteiger partial charge is 0.254 e. The van der Waals surface area contributed by atoms with Crippen LogP contribution in [0.15, 0.2) is 35.2 Å². The molecule has 138 valence electrons. The second-order valence-corrected chi connectivity index (χ2v) is 8.55. The minimum Gasteiger partial charge on any atom is -0.337 e. The van der Waals surface area contributed by atoms with Crippen molar-refractivity contribution in [2.45, 2.75) is 18.7 Å². The molecule has 0 radical (unpaired) electrons. The second-order valence-electron chi connectivity index (χ2n) is 6.53. The van der Waals surface area contributed by atoms with Crippen LogP contribution in [0.5, 0.6) is 0 Å². The molecule has 2 aromatic rings. The molecule has 1 aromatic heterocycles. The van der Waals surface area contributed by atoms with Gasteiger partial charge in [0.2, 0.25) is 5.95 Å². The van der Waals surface area contributed by atoms with E-state index in [-0.39, 0.29) is 10.8 Å². The Morgan fingerprint density at radius 2 is 1.62 bits per heavy atom. The Labute approximate surface area is 153 Å². The van der Waals surface area contributed by atoms with Crippen LogP contribution in [0.4, 0.5) is 5.95 Å². The monoisotopic (exact) mass is 374 g/mol. The number of piperazine rings is 1. The van der Waals surface area contributed by atoms with E-state index in [1.54, 1.807) is 17.0 Å². The van der Waals surface area contributed by atoms with Crippen LogP contribution >= 0.6 is 0 Å². The summed E-state index contributed by atoms with van der Waals surface area (Å²) in [7, 11) is -3.34. The molecule has 7 nitrogen and oxygen atoms in total. The molecule has 0 unspecified atom stereocenters. The molecule has 1 aromatic carbocycles. The Bertz CT molecular complexity index is 915. The first kappa shape index (κ1) is 18.3. The van der Waals surface area contributed by atoms with Crippen molar-refractivity contribution >= 4 is 21.7 Å². The normalized spacial score (nSPS) is 15.2. The van der Waals surface area contributed by atoms with Gasteiger partial charge in [0, 0.05) is 49.4 Å². The second kappa shape index (κ2) is 7.03. The number of rotatable bonds is 3. The van der Waals surface area contributed by atoms with Crippen molar-refractivity contribution in [3.63, 3.8) is 0 Å². The van der Waals surface area contributed by atoms with Crippen molar-refractivity contribution in [3.8, 4) is 0 Å². The molecule has 0 aliphatic carbocycles. The summed E-state index contributed by atoms with van der Waals surface area (Å²) in [4.78, 5) is 25.6. The molecular weight excluding hydrogens is 352 g/mol. The van der Waals surface area contributed by atoms with Crippen LogP contribution in [-0.2, 0) is 9.84 Å². The SMILES string of the molecule is Cc1cc(C)nc(N2CCN(C(=O)c3cccc(S(C)(=O)=O)c3)CC2)n1.